The van der Waals surface area contributed by atoms with Crippen LogP contribution in [0.5, 0.6) is 0 Å². The zero-order chi connectivity index (χ0) is 13.1. The lowest BCUT2D eigenvalue weighted by Gasteiger charge is -2.08. The summed E-state index contributed by atoms with van der Waals surface area (Å²) in [6.07, 6.45) is 2.90. The first-order chi connectivity index (χ1) is 8.07. The molecule has 0 fully saturated rings. The molecule has 2 N–H and O–H groups in total. The van der Waals surface area contributed by atoms with Crippen LogP contribution in [0.15, 0.2) is 0 Å². The maximum Gasteiger partial charge on any atom is 0.309 e. The number of unbranched alkanes of at least 4 members (excludes halogenated alkanes) is 1. The van der Waals surface area contributed by atoms with E-state index in [0.717, 1.165) is 25.9 Å². The smallest absolute Gasteiger partial charge is 0.309 e. The number of carbonyl (C=O) groups excluding carboxylic acids is 2. The van der Waals surface area contributed by atoms with E-state index in [2.05, 4.69) is 17.6 Å². The van der Waals surface area contributed by atoms with Crippen molar-refractivity contribution in [2.45, 2.75) is 46.1 Å². The van der Waals surface area contributed by atoms with Crippen molar-refractivity contribution in [2.24, 2.45) is 0 Å². The minimum Gasteiger partial charge on any atom is -0.381 e. The second-order valence-electron chi connectivity index (χ2n) is 4.20. The van der Waals surface area contributed by atoms with Crippen molar-refractivity contribution in [3.05, 3.63) is 0 Å². The molecule has 0 saturated heterocycles. The van der Waals surface area contributed by atoms with E-state index in [-0.39, 0.29) is 6.04 Å². The molecule has 0 aromatic carbocycles. The average Bonchev–Trinajstić information content (AvgIpc) is 2.26. The average molecular weight is 244 g/mol. The highest BCUT2D eigenvalue weighted by atomic mass is 16.5. The number of carbonyl (C=O) groups is 2. The highest BCUT2D eigenvalue weighted by Gasteiger charge is 2.12. The van der Waals surface area contributed by atoms with Crippen molar-refractivity contribution in [1.29, 1.82) is 0 Å². The first-order valence-electron chi connectivity index (χ1n) is 6.24. The Morgan fingerprint density at radius 2 is 1.76 bits per heavy atom. The molecule has 0 aliphatic carbocycles. The van der Waals surface area contributed by atoms with Crippen LogP contribution in [-0.4, -0.2) is 37.6 Å². The van der Waals surface area contributed by atoms with Gasteiger partial charge in [0, 0.05) is 25.8 Å². The third-order valence-corrected chi connectivity index (χ3v) is 2.02. The van der Waals surface area contributed by atoms with Gasteiger partial charge in [0.05, 0.1) is 0 Å². The van der Waals surface area contributed by atoms with Crippen LogP contribution in [0.2, 0.25) is 0 Å². The van der Waals surface area contributed by atoms with Crippen LogP contribution in [0.4, 0.5) is 0 Å². The van der Waals surface area contributed by atoms with E-state index in [1.54, 1.807) is 0 Å². The van der Waals surface area contributed by atoms with Crippen molar-refractivity contribution < 1.29 is 14.3 Å². The van der Waals surface area contributed by atoms with Gasteiger partial charge in [-0.2, -0.15) is 0 Å². The molecule has 17 heavy (non-hydrogen) atoms. The summed E-state index contributed by atoms with van der Waals surface area (Å²) in [7, 11) is 0. The Balaban J connectivity index is 3.42. The maximum absolute atomic E-state index is 11.2. The van der Waals surface area contributed by atoms with Gasteiger partial charge in [-0.3, -0.25) is 9.59 Å². The summed E-state index contributed by atoms with van der Waals surface area (Å²) in [5.74, 6) is -1.15. The molecule has 5 heteroatoms. The topological polar surface area (TPSA) is 67.4 Å². The van der Waals surface area contributed by atoms with Crippen LogP contribution in [0.25, 0.3) is 0 Å². The van der Waals surface area contributed by atoms with Crippen molar-refractivity contribution >= 4 is 11.8 Å². The molecule has 0 spiro atoms. The third-order valence-electron chi connectivity index (χ3n) is 2.02. The minimum absolute atomic E-state index is 0.0226. The molecule has 0 aromatic rings. The number of ether oxygens (including phenoxy) is 1. The molecule has 0 rings (SSSR count). The Labute approximate surface area is 103 Å². The van der Waals surface area contributed by atoms with Gasteiger partial charge >= 0.3 is 11.8 Å². The molecule has 5 nitrogen and oxygen atoms in total. The van der Waals surface area contributed by atoms with Gasteiger partial charge in [0.1, 0.15) is 0 Å². The molecule has 0 bridgehead atoms. The summed E-state index contributed by atoms with van der Waals surface area (Å²) >= 11 is 0. The van der Waals surface area contributed by atoms with Crippen LogP contribution in [-0.2, 0) is 14.3 Å². The van der Waals surface area contributed by atoms with Crippen LogP contribution >= 0.6 is 0 Å². The Morgan fingerprint density at radius 1 is 1.12 bits per heavy atom. The Bertz CT molecular complexity index is 230. The third kappa shape index (κ3) is 9.81. The Morgan fingerprint density at radius 3 is 2.35 bits per heavy atom. The molecular formula is C12H24N2O3. The molecule has 100 valence electrons. The Kier molecular flexibility index (Phi) is 9.43. The SMILES string of the molecule is CCCCOCCCNC(=O)C(=O)NC(C)C. The highest BCUT2D eigenvalue weighted by Crippen LogP contribution is 1.89. The first kappa shape index (κ1) is 15.9. The largest absolute Gasteiger partial charge is 0.381 e. The van der Waals surface area contributed by atoms with Crippen molar-refractivity contribution in [2.75, 3.05) is 19.8 Å². The van der Waals surface area contributed by atoms with Gasteiger partial charge < -0.3 is 15.4 Å². The zero-order valence-corrected chi connectivity index (χ0v) is 11.0. The van der Waals surface area contributed by atoms with E-state index in [1.807, 2.05) is 13.8 Å². The van der Waals surface area contributed by atoms with Gasteiger partial charge in [0.2, 0.25) is 0 Å². The number of hydrogen-bond acceptors (Lipinski definition) is 3. The normalized spacial score (nSPS) is 10.4. The fourth-order valence-electron chi connectivity index (χ4n) is 1.13. The Hall–Kier alpha value is -1.10. The number of rotatable bonds is 8. The van der Waals surface area contributed by atoms with Gasteiger partial charge in [-0.05, 0) is 26.7 Å². The zero-order valence-electron chi connectivity index (χ0n) is 11.0. The highest BCUT2D eigenvalue weighted by molar-refractivity contribution is 6.35. The monoisotopic (exact) mass is 244 g/mol. The lowest BCUT2D eigenvalue weighted by Crippen LogP contribution is -2.43. The minimum atomic E-state index is -0.577. The number of hydrogen-bond donors (Lipinski definition) is 2. The van der Waals surface area contributed by atoms with E-state index in [4.69, 9.17) is 4.74 Å². The number of nitrogens with one attached hydrogen (secondary N) is 2. The fraction of sp³-hybridized carbons (Fsp3) is 0.833. The summed E-state index contributed by atoms with van der Waals surface area (Å²) < 4.78 is 5.33. The molecule has 0 radical (unpaired) electrons. The van der Waals surface area contributed by atoms with Gasteiger partial charge in [-0.15, -0.1) is 0 Å². The van der Waals surface area contributed by atoms with Gasteiger partial charge in [-0.25, -0.2) is 0 Å². The second-order valence-corrected chi connectivity index (χ2v) is 4.20. The predicted octanol–water partition coefficient (Wildman–Crippen LogP) is 0.834. The van der Waals surface area contributed by atoms with E-state index in [9.17, 15) is 9.59 Å². The van der Waals surface area contributed by atoms with Crippen LogP contribution in [0, 0.1) is 0 Å². The molecule has 2 amide bonds. The molecular weight excluding hydrogens is 220 g/mol. The van der Waals surface area contributed by atoms with Gasteiger partial charge in [0.15, 0.2) is 0 Å². The second kappa shape index (κ2) is 10.1. The lowest BCUT2D eigenvalue weighted by molar-refractivity contribution is -0.139. The molecule has 0 atom stereocenters. The molecule has 0 aromatic heterocycles. The number of amides is 2. The summed E-state index contributed by atoms with van der Waals surface area (Å²) in [4.78, 5) is 22.5. The molecule has 0 aliphatic rings. The van der Waals surface area contributed by atoms with Crippen LogP contribution < -0.4 is 10.6 Å². The molecule has 0 aliphatic heterocycles. The van der Waals surface area contributed by atoms with Crippen LogP contribution in [0.1, 0.15) is 40.0 Å². The van der Waals surface area contributed by atoms with E-state index in [1.165, 1.54) is 0 Å². The van der Waals surface area contributed by atoms with E-state index < -0.39 is 11.8 Å². The molecule has 0 heterocycles. The maximum atomic E-state index is 11.2. The van der Waals surface area contributed by atoms with E-state index in [0.29, 0.717) is 13.2 Å². The predicted molar refractivity (Wildman–Crippen MR) is 66.6 cm³/mol. The summed E-state index contributed by atoms with van der Waals surface area (Å²) in [5, 5.41) is 5.08. The van der Waals surface area contributed by atoms with Gasteiger partial charge in [-0.1, -0.05) is 13.3 Å². The van der Waals surface area contributed by atoms with Crippen molar-refractivity contribution in [3.8, 4) is 0 Å². The summed E-state index contributed by atoms with van der Waals surface area (Å²) in [5.41, 5.74) is 0. The lowest BCUT2D eigenvalue weighted by atomic mass is 10.3. The standard InChI is InChI=1S/C12H24N2O3/c1-4-5-8-17-9-6-7-13-11(15)12(16)14-10(2)3/h10H,4-9H2,1-3H3,(H,13,15)(H,14,16). The van der Waals surface area contributed by atoms with Crippen LogP contribution in [0.3, 0.4) is 0 Å². The molecule has 0 saturated carbocycles. The molecule has 0 unspecified atom stereocenters. The fourth-order valence-corrected chi connectivity index (χ4v) is 1.13. The summed E-state index contributed by atoms with van der Waals surface area (Å²) in [6, 6.07) is -0.0226. The quantitative estimate of drug-likeness (QED) is 0.491. The summed E-state index contributed by atoms with van der Waals surface area (Å²) in [6.45, 7) is 7.58. The first-order valence-corrected chi connectivity index (χ1v) is 6.24. The van der Waals surface area contributed by atoms with Gasteiger partial charge in [0.25, 0.3) is 0 Å². The van der Waals surface area contributed by atoms with E-state index >= 15 is 0 Å². The van der Waals surface area contributed by atoms with Crippen molar-refractivity contribution in [3.63, 3.8) is 0 Å². The van der Waals surface area contributed by atoms with Crippen molar-refractivity contribution in [1.82, 2.24) is 10.6 Å².